The van der Waals surface area contributed by atoms with Crippen molar-refractivity contribution in [2.24, 2.45) is 0 Å². The third kappa shape index (κ3) is 2.48. The Balaban J connectivity index is 2.64. The van der Waals surface area contributed by atoms with Crippen LogP contribution in [-0.4, -0.2) is 30.2 Å². The summed E-state index contributed by atoms with van der Waals surface area (Å²) in [5.41, 5.74) is 0.641. The first-order chi connectivity index (χ1) is 8.38. The average molecular weight is 268 g/mol. The number of imidazole rings is 1. The molecule has 2 aromatic rings. The van der Waals surface area contributed by atoms with Crippen molar-refractivity contribution in [3.05, 3.63) is 41.6 Å². The van der Waals surface area contributed by atoms with Crippen LogP contribution in [0.25, 0.3) is 11.7 Å². The molecule has 18 heavy (non-hydrogen) atoms. The van der Waals surface area contributed by atoms with Crippen molar-refractivity contribution >= 4 is 25.3 Å². The Morgan fingerprint density at radius 3 is 2.72 bits per heavy atom. The van der Waals surface area contributed by atoms with Crippen LogP contribution < -0.4 is 0 Å². The molecule has 7 nitrogen and oxygen atoms in total. The highest BCUT2D eigenvalue weighted by Crippen LogP contribution is 2.36. The van der Waals surface area contributed by atoms with Gasteiger partial charge in [0, 0.05) is 11.5 Å². The number of rotatable bonds is 3. The smallest absolute Gasteiger partial charge is 0.354 e. The lowest BCUT2D eigenvalue weighted by atomic mass is 10.3. The highest BCUT2D eigenvalue weighted by Gasteiger charge is 2.13. The maximum Gasteiger partial charge on any atom is 0.354 e. The molecule has 0 radical (unpaired) electrons. The normalized spacial score (nSPS) is 12.3. The first kappa shape index (κ1) is 12.5. The Bertz CT molecular complexity index is 685. The molecule has 0 amide bonds. The topological polar surface area (TPSA) is 112 Å². The van der Waals surface area contributed by atoms with E-state index >= 15 is 0 Å². The van der Waals surface area contributed by atoms with E-state index in [1.54, 1.807) is 12.1 Å². The zero-order valence-electron chi connectivity index (χ0n) is 8.96. The van der Waals surface area contributed by atoms with Gasteiger partial charge in [-0.15, -0.1) is 0 Å². The highest BCUT2D eigenvalue weighted by atomic mass is 31.2. The third-order valence-electron chi connectivity index (χ3n) is 2.22. The number of aromatic carboxylic acids is 1. The molecular formula is C10H9N2O5P. The van der Waals surface area contributed by atoms with Gasteiger partial charge in [-0.05, 0) is 18.2 Å². The second kappa shape index (κ2) is 4.38. The van der Waals surface area contributed by atoms with Crippen LogP contribution in [0.3, 0.4) is 0 Å². The molecule has 0 bridgehead atoms. The van der Waals surface area contributed by atoms with Crippen molar-refractivity contribution < 1.29 is 24.3 Å². The predicted octanol–water partition coefficient (Wildman–Crippen LogP) is 1.18. The number of aromatic nitrogens is 2. The second-order valence-corrected chi connectivity index (χ2v) is 4.97. The van der Waals surface area contributed by atoms with Crippen LogP contribution in [0, 0.1) is 0 Å². The van der Waals surface area contributed by atoms with E-state index in [-0.39, 0.29) is 5.69 Å². The molecule has 3 N–H and O–H groups in total. The highest BCUT2D eigenvalue weighted by molar-refractivity contribution is 7.55. The summed E-state index contributed by atoms with van der Waals surface area (Å²) in [6, 6.07) is 4.75. The number of carboxylic acids is 1. The van der Waals surface area contributed by atoms with Gasteiger partial charge in [0.05, 0.1) is 6.20 Å². The van der Waals surface area contributed by atoms with Crippen LogP contribution in [0.1, 0.15) is 16.2 Å². The molecule has 0 unspecified atom stereocenters. The average Bonchev–Trinajstić information content (AvgIpc) is 2.69. The summed E-state index contributed by atoms with van der Waals surface area (Å²) in [6.07, 6.45) is 2.36. The summed E-state index contributed by atoms with van der Waals surface area (Å²) in [5.74, 6) is -0.451. The maximum atomic E-state index is 11.0. The summed E-state index contributed by atoms with van der Waals surface area (Å²) in [7, 11) is -4.29. The fourth-order valence-corrected chi connectivity index (χ4v) is 1.86. The maximum absolute atomic E-state index is 11.0. The van der Waals surface area contributed by atoms with Crippen molar-refractivity contribution in [2.45, 2.75) is 0 Å². The number of carboxylic acid groups (broad SMARTS) is 1. The molecular weight excluding hydrogens is 259 g/mol. The van der Waals surface area contributed by atoms with Gasteiger partial charge in [0.25, 0.3) is 0 Å². The third-order valence-corrected chi connectivity index (χ3v) is 2.76. The number of carbonyl (C=O) groups is 1. The molecule has 0 aliphatic carbocycles. The van der Waals surface area contributed by atoms with E-state index in [1.165, 1.54) is 22.7 Å². The lowest BCUT2D eigenvalue weighted by Gasteiger charge is -2.03. The number of hydrogen-bond acceptors (Lipinski definition) is 3. The largest absolute Gasteiger partial charge is 0.477 e. The SMILES string of the molecule is O=C(O)c1cnc2cccc(/C=C/P(=O)(O)O)n12. The van der Waals surface area contributed by atoms with Gasteiger partial charge in [-0.3, -0.25) is 8.97 Å². The van der Waals surface area contributed by atoms with E-state index in [2.05, 4.69) is 4.98 Å². The minimum Gasteiger partial charge on any atom is -0.477 e. The number of fused-ring (bicyclic) bond motifs is 1. The number of pyridine rings is 1. The van der Waals surface area contributed by atoms with Gasteiger partial charge >= 0.3 is 13.6 Å². The Morgan fingerprint density at radius 2 is 2.11 bits per heavy atom. The molecule has 94 valence electrons. The minimum atomic E-state index is -4.29. The molecule has 0 aliphatic heterocycles. The molecule has 0 saturated heterocycles. The van der Waals surface area contributed by atoms with E-state index in [0.29, 0.717) is 17.2 Å². The zero-order valence-corrected chi connectivity index (χ0v) is 9.86. The van der Waals surface area contributed by atoms with Crippen molar-refractivity contribution in [1.82, 2.24) is 9.38 Å². The molecule has 2 rings (SSSR count). The Labute approximate surface area is 101 Å². The summed E-state index contributed by atoms with van der Waals surface area (Å²) in [4.78, 5) is 32.4. The number of nitrogens with zero attached hydrogens (tertiary/aromatic N) is 2. The molecule has 0 aromatic carbocycles. The van der Waals surface area contributed by atoms with Crippen molar-refractivity contribution in [2.75, 3.05) is 0 Å². The van der Waals surface area contributed by atoms with Gasteiger partial charge in [0.2, 0.25) is 0 Å². The molecule has 0 fully saturated rings. The summed E-state index contributed by atoms with van der Waals surface area (Å²) >= 11 is 0. The van der Waals surface area contributed by atoms with E-state index in [9.17, 15) is 9.36 Å². The van der Waals surface area contributed by atoms with Crippen LogP contribution >= 0.6 is 7.60 Å². The van der Waals surface area contributed by atoms with E-state index < -0.39 is 13.6 Å². The summed E-state index contributed by atoms with van der Waals surface area (Å²) in [6.45, 7) is 0. The van der Waals surface area contributed by atoms with E-state index in [4.69, 9.17) is 14.9 Å². The lowest BCUT2D eigenvalue weighted by Crippen LogP contribution is -2.03. The standard InChI is InChI=1S/C10H9N2O5P/c13-10(14)8-6-11-9-3-1-2-7(12(8)9)4-5-18(15,16)17/h1-6H,(H,13,14)(H2,15,16,17)/b5-4+. The molecule has 0 spiro atoms. The quantitative estimate of drug-likeness (QED) is 0.720. The molecule has 0 saturated carbocycles. The molecule has 2 aromatic heterocycles. The molecule has 2 heterocycles. The van der Waals surface area contributed by atoms with Crippen molar-refractivity contribution in [1.29, 1.82) is 0 Å². The van der Waals surface area contributed by atoms with Crippen LogP contribution in [0.5, 0.6) is 0 Å². The van der Waals surface area contributed by atoms with Gasteiger partial charge in [0.15, 0.2) is 5.69 Å². The Hall–Kier alpha value is -1.95. The van der Waals surface area contributed by atoms with Crippen LogP contribution in [0.2, 0.25) is 0 Å². The fraction of sp³-hybridized carbons (Fsp3) is 0. The molecule has 0 atom stereocenters. The molecule has 8 heteroatoms. The van der Waals surface area contributed by atoms with Gasteiger partial charge in [-0.25, -0.2) is 9.78 Å². The predicted molar refractivity (Wildman–Crippen MR) is 63.2 cm³/mol. The van der Waals surface area contributed by atoms with Crippen molar-refractivity contribution in [3.8, 4) is 0 Å². The van der Waals surface area contributed by atoms with Crippen molar-refractivity contribution in [3.63, 3.8) is 0 Å². The van der Waals surface area contributed by atoms with Gasteiger partial charge < -0.3 is 14.9 Å². The zero-order chi connectivity index (χ0) is 13.3. The summed E-state index contributed by atoms with van der Waals surface area (Å²) < 4.78 is 12.1. The first-order valence-corrected chi connectivity index (χ1v) is 6.51. The summed E-state index contributed by atoms with van der Waals surface area (Å²) in [5, 5.41) is 8.99. The lowest BCUT2D eigenvalue weighted by molar-refractivity contribution is 0.0689. The van der Waals surface area contributed by atoms with Gasteiger partial charge in [-0.1, -0.05) is 6.07 Å². The Morgan fingerprint density at radius 1 is 1.39 bits per heavy atom. The van der Waals surface area contributed by atoms with Crippen LogP contribution in [0.15, 0.2) is 30.2 Å². The van der Waals surface area contributed by atoms with Crippen LogP contribution in [0.4, 0.5) is 0 Å². The fourth-order valence-electron chi connectivity index (χ4n) is 1.52. The molecule has 0 aliphatic rings. The minimum absolute atomic E-state index is 0.0732. The Kier molecular flexibility index (Phi) is 3.04. The first-order valence-electron chi connectivity index (χ1n) is 4.83. The monoisotopic (exact) mass is 268 g/mol. The van der Waals surface area contributed by atoms with E-state index in [0.717, 1.165) is 0 Å². The number of hydrogen-bond donors (Lipinski definition) is 3. The van der Waals surface area contributed by atoms with Gasteiger partial charge in [-0.2, -0.15) is 0 Å². The van der Waals surface area contributed by atoms with Crippen LogP contribution in [-0.2, 0) is 4.57 Å². The second-order valence-electron chi connectivity index (χ2n) is 3.50. The van der Waals surface area contributed by atoms with Gasteiger partial charge in [0.1, 0.15) is 5.65 Å². The van der Waals surface area contributed by atoms with E-state index in [1.807, 2.05) is 0 Å².